The average Bonchev–Trinajstić information content (AvgIpc) is 3.28. The third-order valence-corrected chi connectivity index (χ3v) is 3.80. The van der Waals surface area contributed by atoms with Crippen LogP contribution >= 0.6 is 0 Å². The number of H-pyrrole nitrogens is 1. The summed E-state index contributed by atoms with van der Waals surface area (Å²) < 4.78 is 4.48. The smallest absolute Gasteiger partial charge is 0.330 e. The Hall–Kier alpha value is -2.56. The lowest BCUT2D eigenvalue weighted by Gasteiger charge is -1.99. The fourth-order valence-electron chi connectivity index (χ4n) is 2.52. The van der Waals surface area contributed by atoms with Crippen molar-refractivity contribution in [1.29, 1.82) is 0 Å². The van der Waals surface area contributed by atoms with E-state index in [-0.39, 0.29) is 12.5 Å². The van der Waals surface area contributed by atoms with Gasteiger partial charge in [-0.3, -0.25) is 4.79 Å². The van der Waals surface area contributed by atoms with Crippen LogP contribution in [0.5, 0.6) is 0 Å². The van der Waals surface area contributed by atoms with Gasteiger partial charge in [0.25, 0.3) is 5.91 Å². The predicted octanol–water partition coefficient (Wildman–Crippen LogP) is 2.50. The Bertz CT molecular complexity index is 741. The van der Waals surface area contributed by atoms with Gasteiger partial charge < -0.3 is 15.0 Å². The van der Waals surface area contributed by atoms with Gasteiger partial charge in [-0.05, 0) is 36.5 Å². The molecule has 22 heavy (non-hydrogen) atoms. The van der Waals surface area contributed by atoms with Gasteiger partial charge >= 0.3 is 5.97 Å². The monoisotopic (exact) mass is 298 g/mol. The highest BCUT2D eigenvalue weighted by Crippen LogP contribution is 2.43. The minimum atomic E-state index is -0.436. The number of carbonyl (C=O) groups excluding carboxylic acids is 2. The molecule has 1 aliphatic rings. The summed E-state index contributed by atoms with van der Waals surface area (Å²) in [4.78, 5) is 26.2. The first-order valence-electron chi connectivity index (χ1n) is 7.33. The number of aromatic amines is 1. The van der Waals surface area contributed by atoms with Gasteiger partial charge in [-0.1, -0.05) is 18.2 Å². The molecule has 1 aliphatic carbocycles. The lowest BCUT2D eigenvalue weighted by Crippen LogP contribution is -2.23. The second kappa shape index (κ2) is 6.05. The van der Waals surface area contributed by atoms with Gasteiger partial charge in [-0.25, -0.2) is 4.79 Å². The maximum absolute atomic E-state index is 12.1. The van der Waals surface area contributed by atoms with Gasteiger partial charge in [-0.2, -0.15) is 0 Å². The number of nitrogens with one attached hydrogen (secondary N) is 2. The number of esters is 1. The summed E-state index contributed by atoms with van der Waals surface area (Å²) in [6.07, 6.45) is 5.30. The molecule has 2 N–H and O–H groups in total. The molecule has 0 atom stereocenters. The summed E-state index contributed by atoms with van der Waals surface area (Å²) in [6.45, 7) is 0.277. The third kappa shape index (κ3) is 3.03. The quantitative estimate of drug-likeness (QED) is 0.658. The Morgan fingerprint density at radius 3 is 2.95 bits per heavy atom. The van der Waals surface area contributed by atoms with Crippen LogP contribution in [0.3, 0.4) is 0 Å². The standard InChI is InChI=1S/C17H18N2O3/c1-22-16(20)6-3-9-18-17(21)15-10-13-12(11-7-8-11)4-2-5-14(13)19-15/h2-6,10-11,19H,7-9H2,1H3,(H,18,21)/b6-3+. The summed E-state index contributed by atoms with van der Waals surface area (Å²) >= 11 is 0. The van der Waals surface area contributed by atoms with Crippen LogP contribution in [0.25, 0.3) is 10.9 Å². The molecule has 0 aliphatic heterocycles. The minimum Gasteiger partial charge on any atom is -0.466 e. The van der Waals surface area contributed by atoms with Crippen LogP contribution in [-0.2, 0) is 9.53 Å². The number of rotatable bonds is 5. The van der Waals surface area contributed by atoms with Crippen molar-refractivity contribution in [3.63, 3.8) is 0 Å². The molecule has 3 rings (SSSR count). The molecule has 0 spiro atoms. The van der Waals surface area contributed by atoms with Crippen LogP contribution in [0.1, 0.15) is 34.8 Å². The Labute approximate surface area is 128 Å². The molecule has 2 aromatic rings. The van der Waals surface area contributed by atoms with Crippen LogP contribution in [0.4, 0.5) is 0 Å². The molecule has 5 nitrogen and oxygen atoms in total. The van der Waals surface area contributed by atoms with Gasteiger partial charge in [0.1, 0.15) is 5.69 Å². The zero-order valence-electron chi connectivity index (χ0n) is 12.4. The van der Waals surface area contributed by atoms with E-state index in [1.165, 1.54) is 31.6 Å². The maximum Gasteiger partial charge on any atom is 0.330 e. The Kier molecular flexibility index (Phi) is 3.96. The van der Waals surface area contributed by atoms with Gasteiger partial charge in [0.2, 0.25) is 0 Å². The van der Waals surface area contributed by atoms with E-state index in [4.69, 9.17) is 0 Å². The highest BCUT2D eigenvalue weighted by Gasteiger charge is 2.25. The fourth-order valence-corrected chi connectivity index (χ4v) is 2.52. The van der Waals surface area contributed by atoms with E-state index in [0.29, 0.717) is 11.6 Å². The first kappa shape index (κ1) is 14.4. The number of amides is 1. The summed E-state index contributed by atoms with van der Waals surface area (Å²) in [7, 11) is 1.31. The zero-order chi connectivity index (χ0) is 15.5. The number of aromatic nitrogens is 1. The molecule has 0 bridgehead atoms. The Morgan fingerprint density at radius 1 is 1.41 bits per heavy atom. The van der Waals surface area contributed by atoms with Crippen LogP contribution in [0, 0.1) is 0 Å². The van der Waals surface area contributed by atoms with Gasteiger partial charge in [0.05, 0.1) is 7.11 Å². The summed E-state index contributed by atoms with van der Waals surface area (Å²) in [5.74, 6) is 0.0137. The molecule has 1 amide bonds. The fraction of sp³-hybridized carbons (Fsp3) is 0.294. The molecule has 1 saturated carbocycles. The lowest BCUT2D eigenvalue weighted by molar-refractivity contribution is -0.134. The highest BCUT2D eigenvalue weighted by atomic mass is 16.5. The molecule has 1 aromatic heterocycles. The molecule has 5 heteroatoms. The molecular formula is C17H18N2O3. The first-order valence-corrected chi connectivity index (χ1v) is 7.33. The van der Waals surface area contributed by atoms with Crippen LogP contribution in [0.2, 0.25) is 0 Å². The van der Waals surface area contributed by atoms with Crippen molar-refractivity contribution in [2.45, 2.75) is 18.8 Å². The predicted molar refractivity (Wildman–Crippen MR) is 83.8 cm³/mol. The molecule has 0 radical (unpaired) electrons. The van der Waals surface area contributed by atoms with Crippen LogP contribution in [0.15, 0.2) is 36.4 Å². The third-order valence-electron chi connectivity index (χ3n) is 3.80. The minimum absolute atomic E-state index is 0.188. The van der Waals surface area contributed by atoms with E-state index >= 15 is 0 Å². The number of hydrogen-bond donors (Lipinski definition) is 2. The molecular weight excluding hydrogens is 280 g/mol. The van der Waals surface area contributed by atoms with Crippen LogP contribution in [-0.4, -0.2) is 30.5 Å². The summed E-state index contributed by atoms with van der Waals surface area (Å²) in [6, 6.07) is 8.04. The zero-order valence-corrected chi connectivity index (χ0v) is 12.4. The summed E-state index contributed by atoms with van der Waals surface area (Å²) in [5.41, 5.74) is 2.84. The van der Waals surface area contributed by atoms with Gasteiger partial charge in [0, 0.05) is 23.5 Å². The second-order valence-electron chi connectivity index (χ2n) is 5.40. The Balaban J connectivity index is 1.70. The maximum atomic E-state index is 12.1. The number of carbonyl (C=O) groups is 2. The van der Waals surface area contributed by atoms with Gasteiger partial charge in [-0.15, -0.1) is 0 Å². The van der Waals surface area contributed by atoms with Crippen molar-refractivity contribution < 1.29 is 14.3 Å². The topological polar surface area (TPSA) is 71.2 Å². The van der Waals surface area contributed by atoms with E-state index < -0.39 is 5.97 Å². The molecule has 114 valence electrons. The number of ether oxygens (including phenoxy) is 1. The molecule has 1 heterocycles. The summed E-state index contributed by atoms with van der Waals surface area (Å²) in [5, 5.41) is 3.86. The van der Waals surface area contributed by atoms with Crippen molar-refractivity contribution >= 4 is 22.8 Å². The van der Waals surface area contributed by atoms with E-state index in [0.717, 1.165) is 10.9 Å². The number of hydrogen-bond acceptors (Lipinski definition) is 3. The Morgan fingerprint density at radius 2 is 2.23 bits per heavy atom. The van der Waals surface area contributed by atoms with Crippen molar-refractivity contribution in [1.82, 2.24) is 10.3 Å². The average molecular weight is 298 g/mol. The number of fused-ring (bicyclic) bond motifs is 1. The van der Waals surface area contributed by atoms with Crippen molar-refractivity contribution in [3.05, 3.63) is 47.7 Å². The SMILES string of the molecule is COC(=O)/C=C/CNC(=O)c1cc2c(C3CC3)cccc2[nH]1. The molecule has 0 unspecified atom stereocenters. The normalized spacial score (nSPS) is 14.4. The van der Waals surface area contributed by atoms with E-state index in [9.17, 15) is 9.59 Å². The van der Waals surface area contributed by atoms with Crippen molar-refractivity contribution in [2.24, 2.45) is 0 Å². The molecule has 1 fully saturated rings. The van der Waals surface area contributed by atoms with Crippen LogP contribution < -0.4 is 5.32 Å². The lowest BCUT2D eigenvalue weighted by atomic mass is 10.1. The van der Waals surface area contributed by atoms with E-state index in [1.807, 2.05) is 18.2 Å². The number of methoxy groups -OCH3 is 1. The molecule has 1 aromatic carbocycles. The van der Waals surface area contributed by atoms with Gasteiger partial charge in [0.15, 0.2) is 0 Å². The highest BCUT2D eigenvalue weighted by molar-refractivity contribution is 5.99. The first-order chi connectivity index (χ1) is 10.7. The van der Waals surface area contributed by atoms with E-state index in [1.54, 1.807) is 6.08 Å². The number of benzene rings is 1. The second-order valence-corrected chi connectivity index (χ2v) is 5.40. The largest absolute Gasteiger partial charge is 0.466 e. The molecule has 0 saturated heterocycles. The van der Waals surface area contributed by atoms with Crippen molar-refractivity contribution in [3.8, 4) is 0 Å². The van der Waals surface area contributed by atoms with Crippen molar-refractivity contribution in [2.75, 3.05) is 13.7 Å². The van der Waals surface area contributed by atoms with E-state index in [2.05, 4.69) is 21.1 Å².